The first kappa shape index (κ1) is 13.5. The van der Waals surface area contributed by atoms with Crippen LogP contribution < -0.4 is 10.1 Å². The number of hydrogen-bond donors (Lipinski definition) is 1. The highest BCUT2D eigenvalue weighted by Gasteiger charge is 2.18. The van der Waals surface area contributed by atoms with Crippen LogP contribution in [0.25, 0.3) is 0 Å². The minimum Gasteiger partial charge on any atom is -0.495 e. The molecule has 4 nitrogen and oxygen atoms in total. The minimum atomic E-state index is -0.00319. The first-order valence-corrected chi connectivity index (χ1v) is 6.27. The molecular formula is C15H19N3O. The van der Waals surface area contributed by atoms with Crippen LogP contribution in [0.1, 0.15) is 28.7 Å². The molecule has 0 aliphatic rings. The van der Waals surface area contributed by atoms with Gasteiger partial charge in [0.1, 0.15) is 11.4 Å². The van der Waals surface area contributed by atoms with E-state index in [1.54, 1.807) is 13.3 Å². The highest BCUT2D eigenvalue weighted by Crippen LogP contribution is 2.28. The third-order valence-corrected chi connectivity index (χ3v) is 3.02. The lowest BCUT2D eigenvalue weighted by Gasteiger charge is -2.19. The topological polar surface area (TPSA) is 47.0 Å². The molecule has 0 bridgehead atoms. The predicted octanol–water partition coefficient (Wildman–Crippen LogP) is 2.41. The molecule has 4 heteroatoms. The van der Waals surface area contributed by atoms with E-state index in [4.69, 9.17) is 4.74 Å². The van der Waals surface area contributed by atoms with E-state index in [2.05, 4.69) is 27.4 Å². The van der Waals surface area contributed by atoms with Gasteiger partial charge in [-0.2, -0.15) is 0 Å². The number of hydrogen-bond acceptors (Lipinski definition) is 4. The Labute approximate surface area is 113 Å². The fourth-order valence-electron chi connectivity index (χ4n) is 2.29. The summed E-state index contributed by atoms with van der Waals surface area (Å²) in [6, 6.07) is 7.94. The average molecular weight is 257 g/mol. The maximum Gasteiger partial charge on any atom is 0.142 e. The van der Waals surface area contributed by atoms with Gasteiger partial charge in [-0.1, -0.05) is 0 Å². The summed E-state index contributed by atoms with van der Waals surface area (Å²) >= 11 is 0. The molecule has 0 spiro atoms. The van der Waals surface area contributed by atoms with Gasteiger partial charge in [0.05, 0.1) is 13.2 Å². The van der Waals surface area contributed by atoms with Gasteiger partial charge in [-0.3, -0.25) is 9.97 Å². The summed E-state index contributed by atoms with van der Waals surface area (Å²) in [5.74, 6) is 0.786. The third kappa shape index (κ3) is 2.90. The molecule has 0 radical (unpaired) electrons. The van der Waals surface area contributed by atoms with Gasteiger partial charge in [-0.25, -0.2) is 0 Å². The molecule has 2 heterocycles. The zero-order chi connectivity index (χ0) is 13.8. The maximum absolute atomic E-state index is 5.39. The first-order chi connectivity index (χ1) is 9.15. The molecule has 1 atom stereocenters. The molecule has 2 aromatic rings. The van der Waals surface area contributed by atoms with E-state index in [1.165, 1.54) is 0 Å². The van der Waals surface area contributed by atoms with Crippen LogP contribution in [0.3, 0.4) is 0 Å². The molecule has 0 fully saturated rings. The predicted molar refractivity (Wildman–Crippen MR) is 75.4 cm³/mol. The van der Waals surface area contributed by atoms with E-state index in [0.29, 0.717) is 0 Å². The van der Waals surface area contributed by atoms with Gasteiger partial charge in [0.25, 0.3) is 0 Å². The van der Waals surface area contributed by atoms with Crippen molar-refractivity contribution in [3.05, 3.63) is 53.1 Å². The second-order valence-electron chi connectivity index (χ2n) is 4.50. The van der Waals surface area contributed by atoms with Crippen molar-refractivity contribution in [1.82, 2.24) is 15.3 Å². The second kappa shape index (κ2) is 5.80. The smallest absolute Gasteiger partial charge is 0.142 e. The number of aromatic nitrogens is 2. The largest absolute Gasteiger partial charge is 0.495 e. The lowest BCUT2D eigenvalue weighted by Crippen LogP contribution is -2.20. The van der Waals surface area contributed by atoms with Crippen molar-refractivity contribution in [1.29, 1.82) is 0 Å². The molecule has 0 aromatic carbocycles. The molecule has 100 valence electrons. The lowest BCUT2D eigenvalue weighted by molar-refractivity contribution is 0.401. The van der Waals surface area contributed by atoms with Crippen molar-refractivity contribution in [3.8, 4) is 5.75 Å². The van der Waals surface area contributed by atoms with E-state index < -0.39 is 0 Å². The van der Waals surface area contributed by atoms with Crippen molar-refractivity contribution < 1.29 is 4.74 Å². The fourth-order valence-corrected chi connectivity index (χ4v) is 2.29. The molecule has 1 unspecified atom stereocenters. The Bertz CT molecular complexity index is 549. The quantitative estimate of drug-likeness (QED) is 0.913. The van der Waals surface area contributed by atoms with Crippen molar-refractivity contribution in [2.75, 3.05) is 14.2 Å². The Morgan fingerprint density at radius 3 is 2.47 bits per heavy atom. The summed E-state index contributed by atoms with van der Waals surface area (Å²) in [6.07, 6.45) is 1.78. The first-order valence-electron chi connectivity index (χ1n) is 6.27. The molecule has 2 rings (SSSR count). The number of nitrogens with one attached hydrogen (secondary N) is 1. The summed E-state index contributed by atoms with van der Waals surface area (Å²) in [7, 11) is 3.58. The minimum absolute atomic E-state index is 0.00319. The van der Waals surface area contributed by atoms with Gasteiger partial charge in [0.15, 0.2) is 0 Å². The SMILES string of the molecule is CNC(c1cc(C)nc(C)c1)c1ncccc1OC. The Hall–Kier alpha value is -1.94. The number of aryl methyl sites for hydroxylation is 2. The maximum atomic E-state index is 5.39. The number of methoxy groups -OCH3 is 1. The molecule has 1 N–H and O–H groups in total. The van der Waals surface area contributed by atoms with Crippen LogP contribution in [-0.2, 0) is 0 Å². The van der Waals surface area contributed by atoms with E-state index in [0.717, 1.165) is 28.4 Å². The molecule has 0 amide bonds. The van der Waals surface area contributed by atoms with Crippen LogP contribution in [0.4, 0.5) is 0 Å². The van der Waals surface area contributed by atoms with Crippen molar-refractivity contribution in [2.24, 2.45) is 0 Å². The molecule has 2 aromatic heterocycles. The van der Waals surface area contributed by atoms with Crippen LogP contribution >= 0.6 is 0 Å². The number of ether oxygens (including phenoxy) is 1. The fraction of sp³-hybridized carbons (Fsp3) is 0.333. The molecule has 0 saturated heterocycles. The van der Waals surface area contributed by atoms with E-state index in [-0.39, 0.29) is 6.04 Å². The summed E-state index contributed by atoms with van der Waals surface area (Å²) in [5.41, 5.74) is 4.04. The summed E-state index contributed by atoms with van der Waals surface area (Å²) in [6.45, 7) is 4.00. The van der Waals surface area contributed by atoms with Gasteiger partial charge in [-0.05, 0) is 50.7 Å². The Balaban J connectivity index is 2.49. The van der Waals surface area contributed by atoms with E-state index in [9.17, 15) is 0 Å². The second-order valence-corrected chi connectivity index (χ2v) is 4.50. The van der Waals surface area contributed by atoms with Crippen LogP contribution in [0.15, 0.2) is 30.5 Å². The monoisotopic (exact) mass is 257 g/mol. The number of rotatable bonds is 4. The van der Waals surface area contributed by atoms with Gasteiger partial charge >= 0.3 is 0 Å². The molecule has 0 aliphatic heterocycles. The van der Waals surface area contributed by atoms with Crippen LogP contribution in [0, 0.1) is 13.8 Å². The highest BCUT2D eigenvalue weighted by molar-refractivity contribution is 5.37. The van der Waals surface area contributed by atoms with E-state index in [1.807, 2.05) is 33.0 Å². The van der Waals surface area contributed by atoms with E-state index >= 15 is 0 Å². The van der Waals surface area contributed by atoms with Crippen LogP contribution in [0.2, 0.25) is 0 Å². The normalized spacial score (nSPS) is 12.2. The zero-order valence-electron chi connectivity index (χ0n) is 11.8. The van der Waals surface area contributed by atoms with Crippen LogP contribution in [0.5, 0.6) is 5.75 Å². The van der Waals surface area contributed by atoms with Gasteiger partial charge in [0.2, 0.25) is 0 Å². The van der Waals surface area contributed by atoms with Crippen molar-refractivity contribution in [2.45, 2.75) is 19.9 Å². The lowest BCUT2D eigenvalue weighted by atomic mass is 10.0. The molecular weight excluding hydrogens is 238 g/mol. The summed E-state index contributed by atoms with van der Waals surface area (Å²) in [5, 5.41) is 3.29. The van der Waals surface area contributed by atoms with Crippen LogP contribution in [-0.4, -0.2) is 24.1 Å². The van der Waals surface area contributed by atoms with Gasteiger partial charge < -0.3 is 10.1 Å². The van der Waals surface area contributed by atoms with Gasteiger partial charge in [0, 0.05) is 17.6 Å². The standard InChI is InChI=1S/C15H19N3O/c1-10-8-12(9-11(2)18-10)14(16-3)15-13(19-4)6-5-7-17-15/h5-9,14,16H,1-4H3. The Morgan fingerprint density at radius 1 is 1.21 bits per heavy atom. The Morgan fingerprint density at radius 2 is 1.89 bits per heavy atom. The van der Waals surface area contributed by atoms with Gasteiger partial charge in [-0.15, -0.1) is 0 Å². The summed E-state index contributed by atoms with van der Waals surface area (Å²) in [4.78, 5) is 8.86. The average Bonchev–Trinajstić information content (AvgIpc) is 2.39. The Kier molecular flexibility index (Phi) is 4.12. The third-order valence-electron chi connectivity index (χ3n) is 3.02. The molecule has 0 aliphatic carbocycles. The number of nitrogens with zero attached hydrogens (tertiary/aromatic N) is 2. The zero-order valence-corrected chi connectivity index (χ0v) is 11.8. The highest BCUT2D eigenvalue weighted by atomic mass is 16.5. The van der Waals surface area contributed by atoms with Crippen molar-refractivity contribution in [3.63, 3.8) is 0 Å². The van der Waals surface area contributed by atoms with Crippen molar-refractivity contribution >= 4 is 0 Å². The molecule has 19 heavy (non-hydrogen) atoms. The summed E-state index contributed by atoms with van der Waals surface area (Å²) < 4.78 is 5.39. The number of pyridine rings is 2. The molecule has 0 saturated carbocycles.